The van der Waals surface area contributed by atoms with Crippen molar-refractivity contribution in [1.82, 2.24) is 0 Å². The predicted octanol–water partition coefficient (Wildman–Crippen LogP) is 2.94. The zero-order valence-electron chi connectivity index (χ0n) is 10.5. The van der Waals surface area contributed by atoms with Gasteiger partial charge < -0.3 is 9.84 Å². The molecule has 0 heterocycles. The van der Waals surface area contributed by atoms with Gasteiger partial charge in [-0.25, -0.2) is 0 Å². The monoisotopic (exact) mass is 216 g/mol. The first-order chi connectivity index (χ1) is 6.74. The molecule has 0 spiro atoms. The molecule has 0 aromatic carbocycles. The molecule has 3 nitrogen and oxygen atoms in total. The summed E-state index contributed by atoms with van der Waals surface area (Å²) in [6.45, 7) is 8.74. The Morgan fingerprint density at radius 3 is 2.27 bits per heavy atom. The quantitative estimate of drug-likeness (QED) is 0.742. The Balaban J connectivity index is 4.01. The van der Waals surface area contributed by atoms with Crippen LogP contribution in [-0.4, -0.2) is 24.3 Å². The second-order valence-electron chi connectivity index (χ2n) is 5.56. The standard InChI is InChI=1S/C12H24O3/c1-9(8-12(2,3)4)6-10(15-5)7-11(13)14/h9-10H,6-8H2,1-5H3,(H,13,14)/t9-,10+/m0/s1. The van der Waals surface area contributed by atoms with Gasteiger partial charge in [0, 0.05) is 7.11 Å². The predicted molar refractivity (Wildman–Crippen MR) is 60.9 cm³/mol. The van der Waals surface area contributed by atoms with Crippen LogP contribution in [0.2, 0.25) is 0 Å². The summed E-state index contributed by atoms with van der Waals surface area (Å²) in [5.41, 5.74) is 0.293. The molecule has 0 saturated heterocycles. The fourth-order valence-electron chi connectivity index (χ4n) is 2.04. The third-order valence-corrected chi connectivity index (χ3v) is 2.36. The third kappa shape index (κ3) is 8.43. The van der Waals surface area contributed by atoms with E-state index in [-0.39, 0.29) is 12.5 Å². The largest absolute Gasteiger partial charge is 0.481 e. The van der Waals surface area contributed by atoms with Crippen LogP contribution >= 0.6 is 0 Å². The molecule has 0 bridgehead atoms. The molecule has 0 aromatic heterocycles. The van der Waals surface area contributed by atoms with Crippen LogP contribution in [0.5, 0.6) is 0 Å². The Morgan fingerprint density at radius 1 is 1.40 bits per heavy atom. The first kappa shape index (κ1) is 14.4. The Bertz CT molecular complexity index is 194. The maximum atomic E-state index is 10.6. The van der Waals surface area contributed by atoms with Crippen molar-refractivity contribution in [3.8, 4) is 0 Å². The first-order valence-corrected chi connectivity index (χ1v) is 5.49. The van der Waals surface area contributed by atoms with Crippen LogP contribution < -0.4 is 0 Å². The van der Waals surface area contributed by atoms with Crippen molar-refractivity contribution in [3.63, 3.8) is 0 Å². The SMILES string of the molecule is CO[C@@H](CC(=O)O)C[C@H](C)CC(C)(C)C. The summed E-state index contributed by atoms with van der Waals surface area (Å²) in [6, 6.07) is 0. The summed E-state index contributed by atoms with van der Waals surface area (Å²) in [6.07, 6.45) is 1.86. The Labute approximate surface area is 92.8 Å². The van der Waals surface area contributed by atoms with Gasteiger partial charge in [0.2, 0.25) is 0 Å². The molecule has 0 aliphatic rings. The Kier molecular flexibility index (Phi) is 5.88. The van der Waals surface area contributed by atoms with Crippen LogP contribution in [-0.2, 0) is 9.53 Å². The van der Waals surface area contributed by atoms with E-state index in [0.29, 0.717) is 11.3 Å². The minimum Gasteiger partial charge on any atom is -0.481 e. The lowest BCUT2D eigenvalue weighted by molar-refractivity contribution is -0.140. The van der Waals surface area contributed by atoms with E-state index in [9.17, 15) is 4.79 Å². The van der Waals surface area contributed by atoms with Gasteiger partial charge in [0.15, 0.2) is 0 Å². The molecule has 0 amide bonds. The van der Waals surface area contributed by atoms with E-state index >= 15 is 0 Å². The average molecular weight is 216 g/mol. The van der Waals surface area contributed by atoms with Crippen molar-refractivity contribution in [3.05, 3.63) is 0 Å². The fraction of sp³-hybridized carbons (Fsp3) is 0.917. The van der Waals surface area contributed by atoms with E-state index < -0.39 is 5.97 Å². The molecule has 0 unspecified atom stereocenters. The van der Waals surface area contributed by atoms with Gasteiger partial charge in [-0.3, -0.25) is 4.79 Å². The molecule has 0 aliphatic carbocycles. The van der Waals surface area contributed by atoms with Gasteiger partial charge in [-0.2, -0.15) is 0 Å². The number of carboxylic acid groups (broad SMARTS) is 1. The van der Waals surface area contributed by atoms with E-state index in [1.54, 1.807) is 7.11 Å². The van der Waals surface area contributed by atoms with E-state index in [1.165, 1.54) is 0 Å². The maximum Gasteiger partial charge on any atom is 0.305 e. The molecule has 90 valence electrons. The second kappa shape index (κ2) is 6.11. The molecule has 2 atom stereocenters. The molecular weight excluding hydrogens is 192 g/mol. The minimum atomic E-state index is -0.787. The number of aliphatic carboxylic acids is 1. The second-order valence-corrected chi connectivity index (χ2v) is 5.56. The average Bonchev–Trinajstić information content (AvgIpc) is 1.98. The Hall–Kier alpha value is -0.570. The number of hydrogen-bond acceptors (Lipinski definition) is 2. The van der Waals surface area contributed by atoms with Crippen molar-refractivity contribution in [2.24, 2.45) is 11.3 Å². The van der Waals surface area contributed by atoms with E-state index in [0.717, 1.165) is 12.8 Å². The lowest BCUT2D eigenvalue weighted by Crippen LogP contribution is -2.21. The molecule has 0 rings (SSSR count). The van der Waals surface area contributed by atoms with Crippen molar-refractivity contribution in [2.75, 3.05) is 7.11 Å². The highest BCUT2D eigenvalue weighted by Gasteiger charge is 2.20. The topological polar surface area (TPSA) is 46.5 Å². The molecule has 1 N–H and O–H groups in total. The number of ether oxygens (including phenoxy) is 1. The Morgan fingerprint density at radius 2 is 1.93 bits per heavy atom. The summed E-state index contributed by atoms with van der Waals surface area (Å²) in [5, 5.41) is 8.68. The number of rotatable bonds is 6. The lowest BCUT2D eigenvalue weighted by Gasteiger charge is -2.25. The van der Waals surface area contributed by atoms with Crippen molar-refractivity contribution >= 4 is 5.97 Å². The zero-order valence-corrected chi connectivity index (χ0v) is 10.5. The molecule has 15 heavy (non-hydrogen) atoms. The van der Waals surface area contributed by atoms with Crippen LogP contribution in [0.1, 0.15) is 47.0 Å². The van der Waals surface area contributed by atoms with Gasteiger partial charge in [0.05, 0.1) is 12.5 Å². The number of carbonyl (C=O) groups is 1. The third-order valence-electron chi connectivity index (χ3n) is 2.36. The molecule has 0 aliphatic heterocycles. The summed E-state index contributed by atoms with van der Waals surface area (Å²) in [7, 11) is 1.58. The van der Waals surface area contributed by atoms with Gasteiger partial charge in [0.25, 0.3) is 0 Å². The van der Waals surface area contributed by atoms with Crippen molar-refractivity contribution in [1.29, 1.82) is 0 Å². The zero-order chi connectivity index (χ0) is 12.1. The number of methoxy groups -OCH3 is 1. The maximum absolute atomic E-state index is 10.6. The van der Waals surface area contributed by atoms with Crippen LogP contribution in [0, 0.1) is 11.3 Å². The number of carboxylic acids is 1. The van der Waals surface area contributed by atoms with Gasteiger partial charge in [-0.1, -0.05) is 27.7 Å². The fourth-order valence-corrected chi connectivity index (χ4v) is 2.04. The molecule has 0 fully saturated rings. The van der Waals surface area contributed by atoms with Crippen LogP contribution in [0.4, 0.5) is 0 Å². The van der Waals surface area contributed by atoms with Crippen molar-refractivity contribution in [2.45, 2.75) is 53.1 Å². The number of hydrogen-bond donors (Lipinski definition) is 1. The van der Waals surface area contributed by atoms with E-state index in [1.807, 2.05) is 0 Å². The summed E-state index contributed by atoms with van der Waals surface area (Å²) in [5.74, 6) is -0.292. The first-order valence-electron chi connectivity index (χ1n) is 5.49. The molecule has 0 radical (unpaired) electrons. The van der Waals surface area contributed by atoms with Crippen LogP contribution in [0.3, 0.4) is 0 Å². The van der Waals surface area contributed by atoms with E-state index in [4.69, 9.17) is 9.84 Å². The molecule has 3 heteroatoms. The molecule has 0 aromatic rings. The summed E-state index contributed by atoms with van der Waals surface area (Å²) >= 11 is 0. The van der Waals surface area contributed by atoms with Gasteiger partial charge in [-0.05, 0) is 24.2 Å². The van der Waals surface area contributed by atoms with E-state index in [2.05, 4.69) is 27.7 Å². The molecular formula is C12H24O3. The minimum absolute atomic E-state index is 0.102. The highest BCUT2D eigenvalue weighted by Crippen LogP contribution is 2.27. The van der Waals surface area contributed by atoms with Crippen molar-refractivity contribution < 1.29 is 14.6 Å². The normalized spacial score (nSPS) is 16.1. The van der Waals surface area contributed by atoms with Crippen LogP contribution in [0.15, 0.2) is 0 Å². The summed E-state index contributed by atoms with van der Waals surface area (Å²) in [4.78, 5) is 10.6. The summed E-state index contributed by atoms with van der Waals surface area (Å²) < 4.78 is 5.17. The highest BCUT2D eigenvalue weighted by atomic mass is 16.5. The highest BCUT2D eigenvalue weighted by molar-refractivity contribution is 5.67. The molecule has 0 saturated carbocycles. The van der Waals surface area contributed by atoms with Gasteiger partial charge >= 0.3 is 5.97 Å². The van der Waals surface area contributed by atoms with Gasteiger partial charge in [-0.15, -0.1) is 0 Å². The van der Waals surface area contributed by atoms with Crippen LogP contribution in [0.25, 0.3) is 0 Å². The lowest BCUT2D eigenvalue weighted by atomic mass is 9.83. The van der Waals surface area contributed by atoms with Gasteiger partial charge in [0.1, 0.15) is 0 Å². The smallest absolute Gasteiger partial charge is 0.305 e.